The molecule has 1 atom stereocenters. The van der Waals surface area contributed by atoms with E-state index in [2.05, 4.69) is 29.3 Å². The average molecular weight is 542 g/mol. The van der Waals surface area contributed by atoms with Gasteiger partial charge in [-0.3, -0.25) is 9.69 Å². The molecule has 2 amide bonds. The zero-order chi connectivity index (χ0) is 27.3. The van der Waals surface area contributed by atoms with Gasteiger partial charge < -0.3 is 25.0 Å². The molecule has 2 aliphatic heterocycles. The molecule has 0 spiro atoms. The molecule has 2 aromatic rings. The monoisotopic (exact) mass is 541 g/mol. The zero-order valence-electron chi connectivity index (χ0n) is 20.8. The fourth-order valence-electron chi connectivity index (χ4n) is 4.52. The summed E-state index contributed by atoms with van der Waals surface area (Å²) in [5, 5.41) is 15.8. The van der Waals surface area contributed by atoms with Gasteiger partial charge in [0.2, 0.25) is 5.91 Å². The van der Waals surface area contributed by atoms with E-state index >= 15 is 4.39 Å². The Morgan fingerprint density at radius 1 is 1.24 bits per heavy atom. The highest BCUT2D eigenvalue weighted by Gasteiger charge is 2.36. The van der Waals surface area contributed by atoms with Gasteiger partial charge in [0.25, 0.3) is 0 Å². The maximum atomic E-state index is 15.2. The number of piperidine rings is 1. The van der Waals surface area contributed by atoms with Crippen LogP contribution in [0.3, 0.4) is 0 Å². The van der Waals surface area contributed by atoms with E-state index in [1.54, 1.807) is 36.4 Å². The van der Waals surface area contributed by atoms with Crippen molar-refractivity contribution in [2.45, 2.75) is 24.5 Å². The zero-order valence-corrected chi connectivity index (χ0v) is 21.7. The van der Waals surface area contributed by atoms with Gasteiger partial charge >= 0.3 is 12.1 Å². The predicted molar refractivity (Wildman–Crippen MR) is 142 cm³/mol. The Balaban J connectivity index is 1.37. The lowest BCUT2D eigenvalue weighted by Crippen LogP contribution is -2.48. The van der Waals surface area contributed by atoms with Crippen LogP contribution in [0.2, 0.25) is 0 Å². The summed E-state index contributed by atoms with van der Waals surface area (Å²) in [6, 6.07) is 13.6. The van der Waals surface area contributed by atoms with Gasteiger partial charge in [0.15, 0.2) is 0 Å². The van der Waals surface area contributed by atoms with Crippen molar-refractivity contribution in [2.24, 2.45) is 0 Å². The van der Waals surface area contributed by atoms with Crippen LogP contribution in [-0.2, 0) is 14.3 Å². The largest absolute Gasteiger partial charge is 0.465 e. The molecule has 38 heavy (non-hydrogen) atoms. The summed E-state index contributed by atoms with van der Waals surface area (Å²) < 4.78 is 25.1. The number of hydrogen-bond acceptors (Lipinski definition) is 9. The number of thiol groups is 1. The summed E-state index contributed by atoms with van der Waals surface area (Å²) in [6.45, 7) is 1.22. The molecule has 2 fully saturated rings. The van der Waals surface area contributed by atoms with Gasteiger partial charge in [-0.2, -0.15) is 17.9 Å². The van der Waals surface area contributed by atoms with Crippen molar-refractivity contribution in [3.63, 3.8) is 0 Å². The second-order valence-corrected chi connectivity index (χ2v) is 9.41. The number of nitrogens with zero attached hydrogens (tertiary/aromatic N) is 3. The molecule has 0 aliphatic carbocycles. The molecule has 12 heteroatoms. The van der Waals surface area contributed by atoms with Crippen LogP contribution in [0, 0.1) is 17.1 Å². The Morgan fingerprint density at radius 2 is 1.95 bits per heavy atom. The van der Waals surface area contributed by atoms with Gasteiger partial charge in [0.05, 0.1) is 49.0 Å². The highest BCUT2D eigenvalue weighted by Crippen LogP contribution is 2.33. The molecule has 4 rings (SSSR count). The molecule has 200 valence electrons. The number of nitriles is 1. The standard InChI is InChI=1S/C26H28FN5O5S/c1-36-24(34)17-2-4-18(5-3-17)30-26(16-28)8-10-31(11-9-26)22-7-6-19(12-21(22)27)32-14-20(37-25(32)35)13-29-23(33)15-38/h2-7,12,20,30,38H,8-11,13-15H2,1H3,(H,29,33). The van der Waals surface area contributed by atoms with Gasteiger partial charge in [-0.1, -0.05) is 0 Å². The first kappa shape index (κ1) is 27.1. The number of cyclic esters (lactones) is 1. The van der Waals surface area contributed by atoms with Crippen molar-refractivity contribution in [1.29, 1.82) is 5.26 Å². The third-order valence-corrected chi connectivity index (χ3v) is 6.94. The first-order chi connectivity index (χ1) is 18.3. The van der Waals surface area contributed by atoms with E-state index in [-0.39, 0.29) is 24.7 Å². The van der Waals surface area contributed by atoms with Crippen molar-refractivity contribution in [2.75, 3.05) is 54.2 Å². The van der Waals surface area contributed by atoms with Gasteiger partial charge in [-0.15, -0.1) is 0 Å². The highest BCUT2D eigenvalue weighted by molar-refractivity contribution is 7.81. The summed E-state index contributed by atoms with van der Waals surface area (Å²) in [7, 11) is 1.31. The Labute approximate surface area is 225 Å². The Morgan fingerprint density at radius 3 is 2.55 bits per heavy atom. The third-order valence-electron chi connectivity index (χ3n) is 6.65. The summed E-state index contributed by atoms with van der Waals surface area (Å²) in [4.78, 5) is 38.5. The first-order valence-electron chi connectivity index (χ1n) is 12.1. The first-order valence-corrected chi connectivity index (χ1v) is 12.7. The fourth-order valence-corrected chi connectivity index (χ4v) is 4.63. The minimum Gasteiger partial charge on any atom is -0.465 e. The number of carbonyl (C=O) groups excluding carboxylic acids is 3. The number of benzene rings is 2. The van der Waals surface area contributed by atoms with Crippen LogP contribution in [0.15, 0.2) is 42.5 Å². The van der Waals surface area contributed by atoms with Crippen LogP contribution in [0.1, 0.15) is 23.2 Å². The minimum atomic E-state index is -0.837. The topological polar surface area (TPSA) is 124 Å². The molecular weight excluding hydrogens is 513 g/mol. The molecular formula is C26H28FN5O5S. The van der Waals surface area contributed by atoms with Gasteiger partial charge in [0, 0.05) is 31.6 Å². The third kappa shape index (κ3) is 5.94. The maximum absolute atomic E-state index is 15.2. The van der Waals surface area contributed by atoms with Gasteiger partial charge in [-0.25, -0.2) is 14.0 Å². The summed E-state index contributed by atoms with van der Waals surface area (Å²) >= 11 is 3.89. The molecule has 0 saturated carbocycles. The van der Waals surface area contributed by atoms with Crippen molar-refractivity contribution >= 4 is 47.7 Å². The van der Waals surface area contributed by atoms with Crippen LogP contribution >= 0.6 is 12.6 Å². The van der Waals surface area contributed by atoms with Crippen molar-refractivity contribution in [1.82, 2.24) is 5.32 Å². The molecule has 0 aromatic heterocycles. The number of rotatable bonds is 8. The molecule has 2 saturated heterocycles. The van der Waals surface area contributed by atoms with E-state index in [0.717, 1.165) is 0 Å². The molecule has 0 radical (unpaired) electrons. The fraction of sp³-hybridized carbons (Fsp3) is 0.385. The van der Waals surface area contributed by atoms with Crippen LogP contribution < -0.4 is 20.4 Å². The number of esters is 1. The van der Waals surface area contributed by atoms with E-state index in [9.17, 15) is 19.6 Å². The Hall–Kier alpha value is -3.98. The predicted octanol–water partition coefficient (Wildman–Crippen LogP) is 2.96. The number of halogens is 1. The number of amides is 2. The number of carbonyl (C=O) groups is 3. The van der Waals surface area contributed by atoms with Crippen LogP contribution in [0.25, 0.3) is 0 Å². The second-order valence-electron chi connectivity index (χ2n) is 9.09. The van der Waals surface area contributed by atoms with E-state index in [4.69, 9.17) is 9.47 Å². The maximum Gasteiger partial charge on any atom is 0.414 e. The van der Waals surface area contributed by atoms with Crippen molar-refractivity contribution < 1.29 is 28.2 Å². The lowest BCUT2D eigenvalue weighted by molar-refractivity contribution is -0.118. The number of ether oxygens (including phenoxy) is 2. The molecule has 0 bridgehead atoms. The number of hydrogen-bond donors (Lipinski definition) is 3. The van der Waals surface area contributed by atoms with E-state index in [0.29, 0.717) is 48.6 Å². The van der Waals surface area contributed by atoms with E-state index in [1.807, 2.05) is 4.90 Å². The van der Waals surface area contributed by atoms with Crippen molar-refractivity contribution in [3.05, 3.63) is 53.8 Å². The van der Waals surface area contributed by atoms with Crippen LogP contribution in [-0.4, -0.2) is 68.7 Å². The molecule has 2 N–H and O–H groups in total. The Bertz CT molecular complexity index is 1240. The smallest absolute Gasteiger partial charge is 0.414 e. The van der Waals surface area contributed by atoms with Crippen LogP contribution in [0.4, 0.5) is 26.2 Å². The van der Waals surface area contributed by atoms with E-state index < -0.39 is 29.5 Å². The SMILES string of the molecule is COC(=O)c1ccc(NC2(C#N)CCN(c3ccc(N4CC(CNC(=O)CS)OC4=O)cc3F)CC2)cc1. The second kappa shape index (κ2) is 11.6. The molecule has 1 unspecified atom stereocenters. The van der Waals surface area contributed by atoms with Gasteiger partial charge in [-0.05, 0) is 42.5 Å². The average Bonchev–Trinajstić information content (AvgIpc) is 3.32. The minimum absolute atomic E-state index is 0.0310. The lowest BCUT2D eigenvalue weighted by atomic mass is 9.88. The van der Waals surface area contributed by atoms with E-state index in [1.165, 1.54) is 18.1 Å². The highest BCUT2D eigenvalue weighted by atomic mass is 32.1. The van der Waals surface area contributed by atoms with Crippen LogP contribution in [0.5, 0.6) is 0 Å². The molecule has 2 aliphatic rings. The Kier molecular flexibility index (Phi) is 8.26. The summed E-state index contributed by atoms with van der Waals surface area (Å²) in [6.07, 6.45) is -0.257. The molecule has 2 aromatic carbocycles. The molecule has 2 heterocycles. The molecule has 10 nitrogen and oxygen atoms in total. The normalized spacial score (nSPS) is 18.4. The van der Waals surface area contributed by atoms with Crippen molar-refractivity contribution in [3.8, 4) is 6.07 Å². The number of methoxy groups -OCH3 is 1. The lowest BCUT2D eigenvalue weighted by Gasteiger charge is -2.39. The quantitative estimate of drug-likeness (QED) is 0.344. The number of anilines is 3. The summed E-state index contributed by atoms with van der Waals surface area (Å²) in [5.74, 6) is -1.17. The summed E-state index contributed by atoms with van der Waals surface area (Å²) in [5.41, 5.74) is 1.02. The number of nitrogens with one attached hydrogen (secondary N) is 2. The van der Waals surface area contributed by atoms with Gasteiger partial charge in [0.1, 0.15) is 17.5 Å².